The molecule has 0 saturated heterocycles. The summed E-state index contributed by atoms with van der Waals surface area (Å²) in [6, 6.07) is 22.1. The maximum atomic E-state index is 12.4. The second-order valence-corrected chi connectivity index (χ2v) is 15.4. The SMILES string of the molecule is CC(C)Cc1nnc2nc3c(nn12)-c1ccccc1C3=O.CC(C)Cc1nnc2nc3c(nn12)C(=O)c1ccccc1-3.O=C1c2ccccc2-c2nc3nnc(CO)n3nc21. The van der Waals surface area contributed by atoms with Gasteiger partial charge in [0.25, 0.3) is 17.3 Å². The highest BCUT2D eigenvalue weighted by molar-refractivity contribution is 6.21. The molecule has 0 amide bonds. The van der Waals surface area contributed by atoms with Crippen molar-refractivity contribution in [3.8, 4) is 33.8 Å². The van der Waals surface area contributed by atoms with E-state index in [1.165, 1.54) is 4.52 Å². The highest BCUT2D eigenvalue weighted by atomic mass is 16.3. The third-order valence-electron chi connectivity index (χ3n) is 10.2. The van der Waals surface area contributed by atoms with Crippen molar-refractivity contribution < 1.29 is 19.5 Å². The lowest BCUT2D eigenvalue weighted by molar-refractivity contribution is 0.103. The first kappa shape index (κ1) is 37.3. The molecule has 0 bridgehead atoms. The quantitative estimate of drug-likeness (QED) is 0.258. The first-order valence-corrected chi connectivity index (χ1v) is 19.5. The van der Waals surface area contributed by atoms with Crippen LogP contribution in [-0.4, -0.2) is 96.8 Å². The van der Waals surface area contributed by atoms with Gasteiger partial charge in [0, 0.05) is 46.2 Å². The van der Waals surface area contributed by atoms with Crippen molar-refractivity contribution in [3.63, 3.8) is 0 Å². The number of aliphatic hydroxyl groups excluding tert-OH is 1. The smallest absolute Gasteiger partial charge is 0.272 e. The van der Waals surface area contributed by atoms with Gasteiger partial charge >= 0.3 is 0 Å². The van der Waals surface area contributed by atoms with E-state index in [2.05, 4.69) is 88.5 Å². The second-order valence-electron chi connectivity index (χ2n) is 15.4. The maximum Gasteiger partial charge on any atom is 0.272 e. The molecular formula is C42H33N15O4. The molecule has 0 atom stereocenters. The van der Waals surface area contributed by atoms with E-state index in [0.717, 1.165) is 41.2 Å². The maximum absolute atomic E-state index is 12.4. The minimum Gasteiger partial charge on any atom is -0.388 e. The Kier molecular flexibility index (Phi) is 8.82. The number of ketones is 3. The van der Waals surface area contributed by atoms with E-state index in [1.807, 2.05) is 48.5 Å². The van der Waals surface area contributed by atoms with Gasteiger partial charge in [0.15, 0.2) is 28.9 Å². The number of carbonyl (C=O) groups excluding carboxylic acids is 3. The predicted octanol–water partition coefficient (Wildman–Crippen LogP) is 4.08. The molecule has 0 radical (unpaired) electrons. The zero-order valence-corrected chi connectivity index (χ0v) is 33.1. The highest BCUT2D eigenvalue weighted by Gasteiger charge is 2.33. The first-order valence-electron chi connectivity index (χ1n) is 19.5. The lowest BCUT2D eigenvalue weighted by Crippen LogP contribution is -2.09. The molecule has 3 aromatic carbocycles. The highest BCUT2D eigenvalue weighted by Crippen LogP contribution is 2.36. The van der Waals surface area contributed by atoms with Crippen molar-refractivity contribution in [1.82, 2.24) is 74.4 Å². The number of carbonyl (C=O) groups is 3. The Balaban J connectivity index is 0.000000110. The molecule has 3 aliphatic carbocycles. The molecular weight excluding hydrogens is 779 g/mol. The monoisotopic (exact) mass is 811 g/mol. The van der Waals surface area contributed by atoms with E-state index in [0.29, 0.717) is 68.6 Å². The van der Waals surface area contributed by atoms with E-state index in [9.17, 15) is 14.4 Å². The first-order chi connectivity index (χ1) is 29.6. The van der Waals surface area contributed by atoms with Gasteiger partial charge in [0.2, 0.25) is 17.3 Å². The molecule has 300 valence electrons. The van der Waals surface area contributed by atoms with Crippen LogP contribution in [0.5, 0.6) is 0 Å². The third kappa shape index (κ3) is 6.12. The van der Waals surface area contributed by atoms with Gasteiger partial charge in [0.1, 0.15) is 29.4 Å². The van der Waals surface area contributed by atoms with Crippen LogP contribution in [0.1, 0.15) is 93.3 Å². The van der Waals surface area contributed by atoms with Gasteiger partial charge in [-0.15, -0.1) is 30.6 Å². The summed E-state index contributed by atoms with van der Waals surface area (Å²) in [6.45, 7) is 8.11. The lowest BCUT2D eigenvalue weighted by Gasteiger charge is -2.03. The molecule has 19 heteroatoms. The number of aromatic nitrogens is 15. The Bertz CT molecular complexity index is 3290. The largest absolute Gasteiger partial charge is 0.388 e. The average molecular weight is 812 g/mol. The number of nitrogens with zero attached hydrogens (tertiary/aromatic N) is 15. The van der Waals surface area contributed by atoms with Crippen LogP contribution < -0.4 is 0 Å². The van der Waals surface area contributed by atoms with Gasteiger partial charge in [-0.1, -0.05) is 100 Å². The van der Waals surface area contributed by atoms with Crippen molar-refractivity contribution in [3.05, 3.63) is 124 Å². The molecule has 0 unspecified atom stereocenters. The lowest BCUT2D eigenvalue weighted by atomic mass is 10.1. The molecule has 12 rings (SSSR count). The van der Waals surface area contributed by atoms with Crippen molar-refractivity contribution >= 4 is 34.7 Å². The summed E-state index contributed by atoms with van der Waals surface area (Å²) in [5, 5.41) is 46.3. The van der Waals surface area contributed by atoms with Gasteiger partial charge in [-0.3, -0.25) is 14.4 Å². The zero-order valence-electron chi connectivity index (χ0n) is 33.1. The molecule has 0 aliphatic heterocycles. The Morgan fingerprint density at radius 2 is 0.754 bits per heavy atom. The fourth-order valence-electron chi connectivity index (χ4n) is 7.48. The number of rotatable bonds is 5. The van der Waals surface area contributed by atoms with Crippen LogP contribution in [0.2, 0.25) is 0 Å². The Morgan fingerprint density at radius 3 is 1.16 bits per heavy atom. The molecule has 0 spiro atoms. The second kappa shape index (κ2) is 14.4. The molecule has 0 fully saturated rings. The predicted molar refractivity (Wildman–Crippen MR) is 215 cm³/mol. The van der Waals surface area contributed by atoms with E-state index < -0.39 is 0 Å². The normalized spacial score (nSPS) is 12.9. The van der Waals surface area contributed by atoms with E-state index in [1.54, 1.807) is 33.3 Å². The van der Waals surface area contributed by atoms with Crippen molar-refractivity contribution in [2.75, 3.05) is 0 Å². The van der Waals surface area contributed by atoms with Crippen LogP contribution >= 0.6 is 0 Å². The molecule has 19 nitrogen and oxygen atoms in total. The minimum atomic E-state index is -0.310. The third-order valence-corrected chi connectivity index (χ3v) is 10.2. The van der Waals surface area contributed by atoms with E-state index in [-0.39, 0.29) is 41.3 Å². The molecule has 1 N–H and O–H groups in total. The van der Waals surface area contributed by atoms with Crippen LogP contribution in [0.4, 0.5) is 0 Å². The average Bonchev–Trinajstić information content (AvgIpc) is 4.12. The van der Waals surface area contributed by atoms with Gasteiger partial charge in [-0.25, -0.2) is 15.0 Å². The molecule has 9 aromatic rings. The van der Waals surface area contributed by atoms with Gasteiger partial charge in [-0.2, -0.15) is 28.8 Å². The summed E-state index contributed by atoms with van der Waals surface area (Å²) < 4.78 is 4.53. The number of benzene rings is 3. The topological polar surface area (TPSA) is 239 Å². The summed E-state index contributed by atoms with van der Waals surface area (Å²) >= 11 is 0. The van der Waals surface area contributed by atoms with Crippen molar-refractivity contribution in [1.29, 1.82) is 0 Å². The van der Waals surface area contributed by atoms with E-state index in [4.69, 9.17) is 5.11 Å². The number of hydrogen-bond donors (Lipinski definition) is 1. The number of aliphatic hydroxyl groups is 1. The fourth-order valence-corrected chi connectivity index (χ4v) is 7.48. The summed E-state index contributed by atoms with van der Waals surface area (Å²) in [6.07, 6.45) is 1.51. The molecule has 0 saturated carbocycles. The summed E-state index contributed by atoms with van der Waals surface area (Å²) in [5.74, 6) is 3.38. The zero-order chi connectivity index (χ0) is 42.1. The summed E-state index contributed by atoms with van der Waals surface area (Å²) in [7, 11) is 0. The number of hydrogen-bond acceptors (Lipinski definition) is 16. The van der Waals surface area contributed by atoms with Crippen LogP contribution in [0.3, 0.4) is 0 Å². The summed E-state index contributed by atoms with van der Waals surface area (Å²) in [4.78, 5) is 50.2. The van der Waals surface area contributed by atoms with Gasteiger partial charge in [0.05, 0.1) is 0 Å². The van der Waals surface area contributed by atoms with Crippen molar-refractivity contribution in [2.24, 2.45) is 11.8 Å². The molecule has 61 heavy (non-hydrogen) atoms. The standard InChI is InChI=1S/2C15H13N5O.C12H7N5O2/c1-8(2)7-11-17-18-15-16-13-12(19-20(11)15)9-5-3-4-6-10(9)14(13)21;1-8(2)7-11-17-18-15-16-12-9-5-3-4-6-10(9)14(21)13(12)19-20(11)15;18-5-8-14-15-12-13-9-6-3-1-2-4-7(6)11(19)10(9)16-17(8)12/h2*3-6,8H,7H2,1-2H3;1-4,18H,5H2. The van der Waals surface area contributed by atoms with Gasteiger partial charge < -0.3 is 5.11 Å². The van der Waals surface area contributed by atoms with Crippen LogP contribution in [0, 0.1) is 11.8 Å². The Morgan fingerprint density at radius 1 is 0.426 bits per heavy atom. The molecule has 3 aliphatic rings. The van der Waals surface area contributed by atoms with Crippen LogP contribution in [0.15, 0.2) is 72.8 Å². The molecule has 6 heterocycles. The molecule has 6 aromatic heterocycles. The minimum absolute atomic E-state index is 0.0841. The van der Waals surface area contributed by atoms with Crippen molar-refractivity contribution in [2.45, 2.75) is 47.1 Å². The Labute approximate surface area is 344 Å². The number of fused-ring (bicyclic) bond motifs is 12. The van der Waals surface area contributed by atoms with Crippen LogP contribution in [0.25, 0.3) is 51.1 Å². The summed E-state index contributed by atoms with van der Waals surface area (Å²) in [5.41, 5.74) is 7.05. The van der Waals surface area contributed by atoms with E-state index >= 15 is 0 Å². The van der Waals surface area contributed by atoms with Crippen LogP contribution in [-0.2, 0) is 19.4 Å². The van der Waals surface area contributed by atoms with Gasteiger partial charge in [-0.05, 0) is 11.8 Å². The Hall–Kier alpha value is -7.93. The fraction of sp³-hybridized carbons (Fsp3) is 0.214.